The second-order valence-corrected chi connectivity index (χ2v) is 13.2. The molecule has 1 amide bonds. The number of esters is 1. The number of benzene rings is 2. The van der Waals surface area contributed by atoms with Gasteiger partial charge in [-0.15, -0.1) is 6.58 Å². The lowest BCUT2D eigenvalue weighted by atomic mass is 9.50. The zero-order valence-electron chi connectivity index (χ0n) is 26.6. The maximum Gasteiger partial charge on any atom is 0.308 e. The number of carbonyl (C=O) groups is 3. The number of ketones is 1. The number of phenols is 1. The number of aromatic hydroxyl groups is 1. The van der Waals surface area contributed by atoms with Crippen LogP contribution in [0.2, 0.25) is 0 Å². The van der Waals surface area contributed by atoms with E-state index in [1.807, 2.05) is 36.4 Å². The van der Waals surface area contributed by atoms with Crippen LogP contribution in [0.15, 0.2) is 49.1 Å². The average Bonchev–Trinajstić information content (AvgIpc) is 3.37. The molecule has 1 N–H and O–H groups in total. The van der Waals surface area contributed by atoms with Crippen LogP contribution in [0.1, 0.15) is 93.1 Å². The number of Topliss-reactive ketones (excluding diaryl/α,β-unsaturated/α-hetero) is 1. The van der Waals surface area contributed by atoms with Gasteiger partial charge in [-0.1, -0.05) is 49.8 Å². The zero-order chi connectivity index (χ0) is 31.7. The van der Waals surface area contributed by atoms with E-state index in [1.54, 1.807) is 0 Å². The fourth-order valence-electron chi connectivity index (χ4n) is 8.87. The van der Waals surface area contributed by atoms with Crippen molar-refractivity contribution in [1.82, 2.24) is 9.80 Å². The van der Waals surface area contributed by atoms with Crippen molar-refractivity contribution in [3.8, 4) is 17.2 Å². The number of likely N-dealkylation sites (tertiary alicyclic amines) is 1. The summed E-state index contributed by atoms with van der Waals surface area (Å²) in [5.41, 5.74) is 2.21. The standard InChI is InChI=1S/C37H46N2O6/c1-4-6-20-39(33(43)15-11-10-14-30(41)25-12-8-7-9-13-25)28-17-16-27-29-22-26-31(42)23-32(44-24(3)40)35-34(26)37(27,36(28)45-35)18-21-38(29)19-5-2/h5,7-9,12-13,23,27-29,36,42H,2,4,6,10-11,14-22H2,1,3H3/t27-,28-,29+,36-,37-/m0/s1. The highest BCUT2D eigenvalue weighted by Gasteiger charge is 2.67. The monoisotopic (exact) mass is 614 g/mol. The lowest BCUT2D eigenvalue weighted by Crippen LogP contribution is -2.69. The number of ether oxygens (including phenoxy) is 2. The molecule has 240 valence electrons. The Morgan fingerprint density at radius 3 is 2.67 bits per heavy atom. The molecule has 2 aromatic carbocycles. The summed E-state index contributed by atoms with van der Waals surface area (Å²) in [5.74, 6) is 1.02. The first-order chi connectivity index (χ1) is 21.8. The summed E-state index contributed by atoms with van der Waals surface area (Å²) < 4.78 is 12.5. The molecule has 5 atom stereocenters. The van der Waals surface area contributed by atoms with E-state index in [0.717, 1.165) is 56.3 Å². The molecule has 0 aromatic heterocycles. The molecule has 2 aliphatic heterocycles. The first kappa shape index (κ1) is 31.3. The Kier molecular flexibility index (Phi) is 9.05. The fraction of sp³-hybridized carbons (Fsp3) is 0.541. The molecule has 1 saturated heterocycles. The number of unbranched alkanes of at least 4 members (excludes halogenated alkanes) is 2. The number of hydrogen-bond donors (Lipinski definition) is 1. The quantitative estimate of drug-likeness (QED) is 0.0975. The predicted octanol–water partition coefficient (Wildman–Crippen LogP) is 5.98. The van der Waals surface area contributed by atoms with Crippen LogP contribution in [0.4, 0.5) is 0 Å². The van der Waals surface area contributed by atoms with Gasteiger partial charge in [-0.05, 0) is 57.4 Å². The van der Waals surface area contributed by atoms with Gasteiger partial charge in [0.15, 0.2) is 17.3 Å². The summed E-state index contributed by atoms with van der Waals surface area (Å²) in [6, 6.07) is 10.9. The Hall–Kier alpha value is -3.65. The molecule has 45 heavy (non-hydrogen) atoms. The van der Waals surface area contributed by atoms with E-state index in [-0.39, 0.29) is 46.8 Å². The van der Waals surface area contributed by atoms with Crippen molar-refractivity contribution in [1.29, 1.82) is 0 Å². The topological polar surface area (TPSA) is 96.4 Å². The van der Waals surface area contributed by atoms with Gasteiger partial charge in [-0.25, -0.2) is 0 Å². The van der Waals surface area contributed by atoms with Crippen LogP contribution in [-0.4, -0.2) is 70.4 Å². The van der Waals surface area contributed by atoms with Gasteiger partial charge >= 0.3 is 5.97 Å². The van der Waals surface area contributed by atoms with E-state index in [2.05, 4.69) is 23.3 Å². The van der Waals surface area contributed by atoms with E-state index in [1.165, 1.54) is 13.0 Å². The summed E-state index contributed by atoms with van der Waals surface area (Å²) in [4.78, 5) is 43.3. The van der Waals surface area contributed by atoms with Gasteiger partial charge in [0.1, 0.15) is 11.9 Å². The highest BCUT2D eigenvalue weighted by Crippen LogP contribution is 2.65. The van der Waals surface area contributed by atoms with Crippen molar-refractivity contribution >= 4 is 17.7 Å². The SMILES string of the molecule is C=CCN1CC[C@]23c4c5c(O)cc(OC(C)=O)c4O[C@H]2[C@@H](N(CCCC)C(=O)CCCCC(=O)c2ccccc2)CC[C@H]3[C@H]1C5. The summed E-state index contributed by atoms with van der Waals surface area (Å²) in [5, 5.41) is 11.3. The fourth-order valence-corrected chi connectivity index (χ4v) is 8.87. The molecule has 6 rings (SSSR count). The number of amides is 1. The zero-order valence-corrected chi connectivity index (χ0v) is 26.6. The van der Waals surface area contributed by atoms with E-state index < -0.39 is 5.97 Å². The van der Waals surface area contributed by atoms with Crippen LogP contribution in [0.25, 0.3) is 0 Å². The van der Waals surface area contributed by atoms with Crippen molar-refractivity contribution in [2.75, 3.05) is 19.6 Å². The Morgan fingerprint density at radius 1 is 1.16 bits per heavy atom. The molecular weight excluding hydrogens is 568 g/mol. The third kappa shape index (κ3) is 5.56. The largest absolute Gasteiger partial charge is 0.508 e. The van der Waals surface area contributed by atoms with Gasteiger partial charge in [0, 0.05) is 67.1 Å². The molecule has 8 heteroatoms. The molecule has 2 aliphatic carbocycles. The highest BCUT2D eigenvalue weighted by molar-refractivity contribution is 5.96. The minimum Gasteiger partial charge on any atom is -0.508 e. The molecule has 2 heterocycles. The summed E-state index contributed by atoms with van der Waals surface area (Å²) in [7, 11) is 0. The summed E-state index contributed by atoms with van der Waals surface area (Å²) in [6.07, 6.45) is 8.97. The van der Waals surface area contributed by atoms with E-state index >= 15 is 0 Å². The van der Waals surface area contributed by atoms with Crippen LogP contribution in [0.3, 0.4) is 0 Å². The van der Waals surface area contributed by atoms with Crippen LogP contribution in [0.5, 0.6) is 17.2 Å². The van der Waals surface area contributed by atoms with Gasteiger partial charge in [0.2, 0.25) is 5.91 Å². The van der Waals surface area contributed by atoms with E-state index in [0.29, 0.717) is 55.9 Å². The molecule has 1 spiro atoms. The minimum absolute atomic E-state index is 0.106. The molecule has 2 aromatic rings. The molecular formula is C37H46N2O6. The van der Waals surface area contributed by atoms with E-state index in [9.17, 15) is 19.5 Å². The minimum atomic E-state index is -0.463. The van der Waals surface area contributed by atoms with Crippen molar-refractivity contribution in [2.24, 2.45) is 5.92 Å². The van der Waals surface area contributed by atoms with Crippen LogP contribution < -0.4 is 9.47 Å². The highest BCUT2D eigenvalue weighted by atomic mass is 16.6. The van der Waals surface area contributed by atoms with Crippen LogP contribution >= 0.6 is 0 Å². The van der Waals surface area contributed by atoms with Gasteiger partial charge in [-0.2, -0.15) is 0 Å². The number of piperidine rings is 1. The second-order valence-electron chi connectivity index (χ2n) is 13.2. The summed E-state index contributed by atoms with van der Waals surface area (Å²) >= 11 is 0. The first-order valence-corrected chi connectivity index (χ1v) is 16.8. The lowest BCUT2D eigenvalue weighted by molar-refractivity contribution is -0.142. The van der Waals surface area contributed by atoms with Crippen LogP contribution in [0, 0.1) is 5.92 Å². The molecule has 2 fully saturated rings. The normalized spacial score (nSPS) is 26.0. The number of phenolic OH excluding ortho intramolecular Hbond substituents is 1. The van der Waals surface area contributed by atoms with Gasteiger partial charge in [0.25, 0.3) is 0 Å². The van der Waals surface area contributed by atoms with Crippen molar-refractivity contribution in [3.63, 3.8) is 0 Å². The molecule has 8 nitrogen and oxygen atoms in total. The van der Waals surface area contributed by atoms with Crippen LogP contribution in [-0.2, 0) is 21.4 Å². The van der Waals surface area contributed by atoms with E-state index in [4.69, 9.17) is 9.47 Å². The molecule has 0 unspecified atom stereocenters. The predicted molar refractivity (Wildman–Crippen MR) is 172 cm³/mol. The average molecular weight is 615 g/mol. The third-order valence-electron chi connectivity index (χ3n) is 10.7. The lowest BCUT2D eigenvalue weighted by Gasteiger charge is -2.60. The van der Waals surface area contributed by atoms with Gasteiger partial charge in [0.05, 0.1) is 6.04 Å². The first-order valence-electron chi connectivity index (χ1n) is 16.8. The molecule has 2 bridgehead atoms. The maximum absolute atomic E-state index is 14.0. The Balaban J connectivity index is 1.28. The third-order valence-corrected chi connectivity index (χ3v) is 10.7. The molecule has 1 saturated carbocycles. The van der Waals surface area contributed by atoms with Gasteiger partial charge in [-0.3, -0.25) is 19.3 Å². The van der Waals surface area contributed by atoms with Crippen molar-refractivity contribution < 1.29 is 29.0 Å². The van der Waals surface area contributed by atoms with Crippen molar-refractivity contribution in [3.05, 3.63) is 65.7 Å². The number of carbonyl (C=O) groups excluding carboxylic acids is 3. The maximum atomic E-state index is 14.0. The number of rotatable bonds is 13. The smallest absolute Gasteiger partial charge is 0.308 e. The molecule has 0 radical (unpaired) electrons. The Morgan fingerprint density at radius 2 is 1.93 bits per heavy atom. The number of nitrogens with zero attached hydrogens (tertiary/aromatic N) is 2. The van der Waals surface area contributed by atoms with Crippen molar-refractivity contribution in [2.45, 2.75) is 102 Å². The number of hydrogen-bond acceptors (Lipinski definition) is 7. The second kappa shape index (κ2) is 13.0. The summed E-state index contributed by atoms with van der Waals surface area (Å²) in [6.45, 7) is 9.81. The van der Waals surface area contributed by atoms with Gasteiger partial charge < -0.3 is 19.5 Å². The Labute approximate surface area is 266 Å². The Bertz CT molecular complexity index is 1460. The molecule has 4 aliphatic rings.